The summed E-state index contributed by atoms with van der Waals surface area (Å²) in [7, 11) is 0. The topological polar surface area (TPSA) is 32.3 Å². The minimum Gasteiger partial charge on any atom is -0.335 e. The van der Waals surface area contributed by atoms with Crippen LogP contribution >= 0.6 is 35.5 Å². The summed E-state index contributed by atoms with van der Waals surface area (Å²) >= 11 is 3.80. The molecule has 2 aliphatic rings. The molecule has 6 heteroatoms. The molecule has 3 rings (SSSR count). The van der Waals surface area contributed by atoms with Gasteiger partial charge in [0.2, 0.25) is 5.91 Å². The van der Waals surface area contributed by atoms with E-state index in [4.69, 9.17) is 0 Å². The maximum atomic E-state index is 12.6. The molecule has 0 spiro atoms. The summed E-state index contributed by atoms with van der Waals surface area (Å²) in [5.41, 5.74) is 1.39. The van der Waals surface area contributed by atoms with Crippen molar-refractivity contribution in [1.82, 2.24) is 10.2 Å². The lowest BCUT2D eigenvalue weighted by atomic mass is 9.97. The molecule has 2 atom stereocenters. The van der Waals surface area contributed by atoms with Gasteiger partial charge in [-0.1, -0.05) is 6.92 Å². The average Bonchev–Trinajstić information content (AvgIpc) is 2.95. The second-order valence-corrected chi connectivity index (χ2v) is 7.64. The fourth-order valence-electron chi connectivity index (χ4n) is 3.21. The van der Waals surface area contributed by atoms with Crippen molar-refractivity contribution in [3.05, 3.63) is 21.9 Å². The molecule has 21 heavy (non-hydrogen) atoms. The summed E-state index contributed by atoms with van der Waals surface area (Å²) in [5, 5.41) is 5.64. The van der Waals surface area contributed by atoms with Crippen LogP contribution in [0.25, 0.3) is 0 Å². The molecular weight excluding hydrogens is 324 g/mol. The fraction of sp³-hybridized carbons (Fsp3) is 0.667. The van der Waals surface area contributed by atoms with Gasteiger partial charge in [-0.2, -0.15) is 11.8 Å². The molecule has 0 aliphatic carbocycles. The van der Waals surface area contributed by atoms with Gasteiger partial charge in [-0.15, -0.1) is 23.7 Å². The van der Waals surface area contributed by atoms with Gasteiger partial charge in [-0.3, -0.25) is 4.79 Å². The van der Waals surface area contributed by atoms with Gasteiger partial charge in [0.25, 0.3) is 0 Å². The van der Waals surface area contributed by atoms with E-state index in [2.05, 4.69) is 28.6 Å². The number of carbonyl (C=O) groups excluding carboxylic acids is 1. The van der Waals surface area contributed by atoms with Gasteiger partial charge in [0.1, 0.15) is 0 Å². The molecule has 0 radical (unpaired) electrons. The van der Waals surface area contributed by atoms with Crippen LogP contribution < -0.4 is 5.32 Å². The summed E-state index contributed by atoms with van der Waals surface area (Å²) in [6.45, 7) is 4.12. The zero-order valence-corrected chi connectivity index (χ0v) is 14.8. The summed E-state index contributed by atoms with van der Waals surface area (Å²) in [5.74, 6) is 2.57. The maximum Gasteiger partial charge on any atom is 0.224 e. The van der Waals surface area contributed by atoms with E-state index in [1.165, 1.54) is 16.2 Å². The molecule has 1 aromatic rings. The van der Waals surface area contributed by atoms with Crippen molar-refractivity contribution in [1.29, 1.82) is 0 Å². The van der Waals surface area contributed by atoms with Crippen molar-refractivity contribution in [2.75, 3.05) is 24.6 Å². The molecule has 0 aromatic carbocycles. The number of amides is 1. The normalized spacial score (nSPS) is 25.1. The number of nitrogens with one attached hydrogen (secondary N) is 1. The lowest BCUT2D eigenvalue weighted by Gasteiger charge is -2.36. The Kier molecular flexibility index (Phi) is 6.41. The first-order valence-corrected chi connectivity index (χ1v) is 9.50. The van der Waals surface area contributed by atoms with E-state index in [0.29, 0.717) is 24.4 Å². The summed E-state index contributed by atoms with van der Waals surface area (Å²) in [4.78, 5) is 16.2. The monoisotopic (exact) mass is 346 g/mol. The van der Waals surface area contributed by atoms with Crippen LogP contribution in [-0.2, 0) is 11.2 Å². The van der Waals surface area contributed by atoms with Crippen molar-refractivity contribution in [3.63, 3.8) is 0 Å². The molecule has 3 nitrogen and oxygen atoms in total. The van der Waals surface area contributed by atoms with Gasteiger partial charge in [-0.25, -0.2) is 0 Å². The van der Waals surface area contributed by atoms with Crippen LogP contribution in [0.15, 0.2) is 11.4 Å². The first-order valence-electron chi connectivity index (χ1n) is 7.46. The summed E-state index contributed by atoms with van der Waals surface area (Å²) in [6.07, 6.45) is 2.70. The SMILES string of the molecule is CCC1c2ccsc2CCN1C(=O)CC1CSCCN1.Cl. The third-order valence-electron chi connectivity index (χ3n) is 4.22. The van der Waals surface area contributed by atoms with Gasteiger partial charge in [0.15, 0.2) is 0 Å². The van der Waals surface area contributed by atoms with Gasteiger partial charge >= 0.3 is 0 Å². The standard InChI is InChI=1S/C15H22N2OS2.ClH/c1-2-13-12-4-7-20-14(12)3-6-17(13)15(18)9-11-10-19-8-5-16-11;/h4,7,11,13,16H,2-3,5-6,8-10H2,1H3;1H. The Balaban J connectivity index is 0.00000161. The number of hydrogen-bond acceptors (Lipinski definition) is 4. The van der Waals surface area contributed by atoms with Crippen LogP contribution in [0.3, 0.4) is 0 Å². The quantitative estimate of drug-likeness (QED) is 0.912. The molecule has 0 saturated carbocycles. The number of carbonyl (C=O) groups is 1. The van der Waals surface area contributed by atoms with E-state index >= 15 is 0 Å². The molecule has 2 aliphatic heterocycles. The number of fused-ring (bicyclic) bond motifs is 1. The molecule has 118 valence electrons. The number of nitrogens with zero attached hydrogens (tertiary/aromatic N) is 1. The first-order chi connectivity index (χ1) is 9.79. The van der Waals surface area contributed by atoms with Gasteiger partial charge in [0, 0.05) is 41.9 Å². The molecule has 1 amide bonds. The Morgan fingerprint density at radius 3 is 3.10 bits per heavy atom. The van der Waals surface area contributed by atoms with Crippen LogP contribution in [0.4, 0.5) is 0 Å². The Labute approximate surface area is 141 Å². The molecule has 2 unspecified atom stereocenters. The zero-order chi connectivity index (χ0) is 13.9. The number of hydrogen-bond donors (Lipinski definition) is 1. The van der Waals surface area contributed by atoms with E-state index in [-0.39, 0.29) is 12.4 Å². The third kappa shape index (κ3) is 3.76. The Morgan fingerprint density at radius 1 is 1.52 bits per heavy atom. The molecule has 3 heterocycles. The second-order valence-electron chi connectivity index (χ2n) is 5.49. The number of halogens is 1. The molecular formula is C15H23ClN2OS2. The van der Waals surface area contributed by atoms with Crippen molar-refractivity contribution < 1.29 is 4.79 Å². The molecule has 1 saturated heterocycles. The van der Waals surface area contributed by atoms with E-state index < -0.39 is 0 Å². The predicted octanol–water partition coefficient (Wildman–Crippen LogP) is 3.10. The summed E-state index contributed by atoms with van der Waals surface area (Å²) < 4.78 is 0. The van der Waals surface area contributed by atoms with Crippen LogP contribution in [0.5, 0.6) is 0 Å². The largest absolute Gasteiger partial charge is 0.335 e. The second kappa shape index (κ2) is 7.86. The van der Waals surface area contributed by atoms with E-state index in [0.717, 1.165) is 31.7 Å². The highest BCUT2D eigenvalue weighted by molar-refractivity contribution is 7.99. The molecule has 1 fully saturated rings. The van der Waals surface area contributed by atoms with Crippen molar-refractivity contribution in [3.8, 4) is 0 Å². The maximum absolute atomic E-state index is 12.6. The first kappa shape index (κ1) is 17.1. The van der Waals surface area contributed by atoms with Gasteiger partial charge in [0.05, 0.1) is 6.04 Å². The minimum atomic E-state index is 0. The fourth-order valence-corrected chi connectivity index (χ4v) is 5.09. The number of thiophene rings is 1. The van der Waals surface area contributed by atoms with Crippen molar-refractivity contribution in [2.45, 2.75) is 38.3 Å². The highest BCUT2D eigenvalue weighted by Crippen LogP contribution is 2.35. The molecule has 0 bridgehead atoms. The lowest BCUT2D eigenvalue weighted by molar-refractivity contribution is -0.134. The lowest BCUT2D eigenvalue weighted by Crippen LogP contribution is -2.45. The Morgan fingerprint density at radius 2 is 2.38 bits per heavy atom. The van der Waals surface area contributed by atoms with Gasteiger partial charge < -0.3 is 10.2 Å². The Hall–Kier alpha value is -0.230. The zero-order valence-electron chi connectivity index (χ0n) is 12.3. The minimum absolute atomic E-state index is 0. The average molecular weight is 347 g/mol. The van der Waals surface area contributed by atoms with Crippen LogP contribution in [0, 0.1) is 0 Å². The third-order valence-corrected chi connectivity index (χ3v) is 6.35. The smallest absolute Gasteiger partial charge is 0.224 e. The predicted molar refractivity (Wildman–Crippen MR) is 93.7 cm³/mol. The summed E-state index contributed by atoms with van der Waals surface area (Å²) in [6, 6.07) is 2.87. The van der Waals surface area contributed by atoms with E-state index in [1.54, 1.807) is 0 Å². The number of rotatable bonds is 3. The molecule has 1 aromatic heterocycles. The highest BCUT2D eigenvalue weighted by atomic mass is 35.5. The van der Waals surface area contributed by atoms with Crippen LogP contribution in [-0.4, -0.2) is 41.4 Å². The van der Waals surface area contributed by atoms with E-state index in [1.807, 2.05) is 23.1 Å². The van der Waals surface area contributed by atoms with Crippen LogP contribution in [0.1, 0.15) is 36.2 Å². The van der Waals surface area contributed by atoms with E-state index in [9.17, 15) is 4.79 Å². The van der Waals surface area contributed by atoms with Crippen LogP contribution in [0.2, 0.25) is 0 Å². The van der Waals surface area contributed by atoms with Crippen molar-refractivity contribution in [2.24, 2.45) is 0 Å². The number of thioether (sulfide) groups is 1. The van der Waals surface area contributed by atoms with Gasteiger partial charge in [-0.05, 0) is 29.9 Å². The Bertz CT molecular complexity index is 474. The molecule has 1 N–H and O–H groups in total. The van der Waals surface area contributed by atoms with Crippen molar-refractivity contribution >= 4 is 41.4 Å². The highest BCUT2D eigenvalue weighted by Gasteiger charge is 2.31.